The number of benzene rings is 2. The summed E-state index contributed by atoms with van der Waals surface area (Å²) in [6, 6.07) is 14.6. The second-order valence-corrected chi connectivity index (χ2v) is 5.91. The maximum Gasteiger partial charge on any atom is 0.255 e. The first-order valence-corrected chi connectivity index (χ1v) is 8.19. The number of carbonyl (C=O) groups is 1. The Kier molecular flexibility index (Phi) is 4.93. The molecule has 2 aromatic carbocycles. The van der Waals surface area contributed by atoms with Crippen molar-refractivity contribution in [1.82, 2.24) is 9.78 Å². The summed E-state index contributed by atoms with van der Waals surface area (Å²) in [5.74, 6) is 0.986. The Morgan fingerprint density at radius 1 is 1.00 bits per heavy atom. The van der Waals surface area contributed by atoms with E-state index in [9.17, 15) is 4.79 Å². The molecule has 0 saturated heterocycles. The number of aryl methyl sites for hydroxylation is 2. The molecule has 134 valence electrons. The number of anilines is 1. The highest BCUT2D eigenvalue weighted by Crippen LogP contribution is 2.29. The third-order valence-corrected chi connectivity index (χ3v) is 4.04. The molecule has 0 atom stereocenters. The summed E-state index contributed by atoms with van der Waals surface area (Å²) in [6.45, 7) is 3.95. The van der Waals surface area contributed by atoms with Crippen LogP contribution in [-0.4, -0.2) is 29.9 Å². The highest BCUT2D eigenvalue weighted by atomic mass is 16.5. The zero-order valence-corrected chi connectivity index (χ0v) is 15.2. The first kappa shape index (κ1) is 17.5. The van der Waals surface area contributed by atoms with E-state index in [4.69, 9.17) is 9.47 Å². The standard InChI is InChI=1S/C20H21N3O3/c1-13-11-14(2)23(22-13)16-7-5-15(6-8-16)20(24)21-18-10-9-17(25-3)12-19(18)26-4/h5-12H,1-4H3,(H,21,24). The number of methoxy groups -OCH3 is 2. The summed E-state index contributed by atoms with van der Waals surface area (Å²) in [6.07, 6.45) is 0. The third kappa shape index (κ3) is 3.54. The van der Waals surface area contributed by atoms with Crippen LogP contribution in [0.5, 0.6) is 11.5 Å². The van der Waals surface area contributed by atoms with Gasteiger partial charge in [0.15, 0.2) is 0 Å². The normalized spacial score (nSPS) is 10.5. The van der Waals surface area contributed by atoms with E-state index in [1.165, 1.54) is 0 Å². The molecule has 0 radical (unpaired) electrons. The van der Waals surface area contributed by atoms with Gasteiger partial charge in [-0.1, -0.05) is 0 Å². The molecule has 3 rings (SSSR count). The van der Waals surface area contributed by atoms with Gasteiger partial charge in [-0.3, -0.25) is 4.79 Å². The Morgan fingerprint density at radius 3 is 2.31 bits per heavy atom. The molecule has 6 nitrogen and oxygen atoms in total. The van der Waals surface area contributed by atoms with Gasteiger partial charge in [-0.2, -0.15) is 5.10 Å². The van der Waals surface area contributed by atoms with Gasteiger partial charge in [0.25, 0.3) is 5.91 Å². The number of ether oxygens (including phenoxy) is 2. The van der Waals surface area contributed by atoms with Crippen LogP contribution >= 0.6 is 0 Å². The minimum absolute atomic E-state index is 0.214. The van der Waals surface area contributed by atoms with Crippen molar-refractivity contribution in [1.29, 1.82) is 0 Å². The molecule has 26 heavy (non-hydrogen) atoms. The number of carbonyl (C=O) groups excluding carboxylic acids is 1. The van der Waals surface area contributed by atoms with Crippen molar-refractivity contribution in [3.05, 3.63) is 65.5 Å². The second kappa shape index (κ2) is 7.31. The maximum absolute atomic E-state index is 12.5. The predicted molar refractivity (Wildman–Crippen MR) is 101 cm³/mol. The van der Waals surface area contributed by atoms with Gasteiger partial charge in [-0.15, -0.1) is 0 Å². The van der Waals surface area contributed by atoms with E-state index in [0.717, 1.165) is 17.1 Å². The van der Waals surface area contributed by atoms with Gasteiger partial charge in [0.2, 0.25) is 0 Å². The van der Waals surface area contributed by atoms with E-state index < -0.39 is 0 Å². The van der Waals surface area contributed by atoms with E-state index in [-0.39, 0.29) is 5.91 Å². The molecule has 1 amide bonds. The molecule has 3 aromatic rings. The van der Waals surface area contributed by atoms with Gasteiger partial charge in [0, 0.05) is 17.3 Å². The fourth-order valence-electron chi connectivity index (χ4n) is 2.74. The number of nitrogens with one attached hydrogen (secondary N) is 1. The molecule has 6 heteroatoms. The lowest BCUT2D eigenvalue weighted by atomic mass is 10.2. The van der Waals surface area contributed by atoms with E-state index in [1.54, 1.807) is 44.6 Å². The van der Waals surface area contributed by atoms with Crippen molar-refractivity contribution in [2.24, 2.45) is 0 Å². The third-order valence-electron chi connectivity index (χ3n) is 4.04. The Bertz CT molecular complexity index is 930. The van der Waals surface area contributed by atoms with Crippen LogP contribution in [0.15, 0.2) is 48.5 Å². The first-order valence-electron chi connectivity index (χ1n) is 8.19. The minimum Gasteiger partial charge on any atom is -0.497 e. The van der Waals surface area contributed by atoms with Crippen LogP contribution in [0.3, 0.4) is 0 Å². The molecule has 0 fully saturated rings. The lowest BCUT2D eigenvalue weighted by molar-refractivity contribution is 0.102. The average molecular weight is 351 g/mol. The lowest BCUT2D eigenvalue weighted by Crippen LogP contribution is -2.13. The van der Waals surface area contributed by atoms with E-state index in [2.05, 4.69) is 10.4 Å². The highest BCUT2D eigenvalue weighted by molar-refractivity contribution is 6.05. The number of aromatic nitrogens is 2. The van der Waals surface area contributed by atoms with Crippen molar-refractivity contribution in [2.45, 2.75) is 13.8 Å². The molecule has 0 aliphatic heterocycles. The zero-order chi connectivity index (χ0) is 18.7. The smallest absolute Gasteiger partial charge is 0.255 e. The SMILES string of the molecule is COc1ccc(NC(=O)c2ccc(-n3nc(C)cc3C)cc2)c(OC)c1. The van der Waals surface area contributed by atoms with Gasteiger partial charge in [0.05, 0.1) is 31.3 Å². The van der Waals surface area contributed by atoms with Crippen LogP contribution in [0.2, 0.25) is 0 Å². The van der Waals surface area contributed by atoms with Crippen molar-refractivity contribution in [3.63, 3.8) is 0 Å². The van der Waals surface area contributed by atoms with Crippen molar-refractivity contribution >= 4 is 11.6 Å². The Labute approximate surface area is 152 Å². The summed E-state index contributed by atoms with van der Waals surface area (Å²) >= 11 is 0. The molecular weight excluding hydrogens is 330 g/mol. The summed E-state index contributed by atoms with van der Waals surface area (Å²) in [5, 5.41) is 7.31. The second-order valence-electron chi connectivity index (χ2n) is 5.91. The molecule has 0 aliphatic carbocycles. The van der Waals surface area contributed by atoms with Crippen LogP contribution in [0.25, 0.3) is 5.69 Å². The summed E-state index contributed by atoms with van der Waals surface area (Å²) < 4.78 is 12.3. The van der Waals surface area contributed by atoms with Crippen LogP contribution in [-0.2, 0) is 0 Å². The highest BCUT2D eigenvalue weighted by Gasteiger charge is 2.11. The number of hydrogen-bond acceptors (Lipinski definition) is 4. The predicted octanol–water partition coefficient (Wildman–Crippen LogP) is 3.76. The fraction of sp³-hybridized carbons (Fsp3) is 0.200. The molecular formula is C20H21N3O3. The Hall–Kier alpha value is -3.28. The Morgan fingerprint density at radius 2 is 1.73 bits per heavy atom. The fourth-order valence-corrected chi connectivity index (χ4v) is 2.74. The van der Waals surface area contributed by atoms with E-state index in [1.807, 2.05) is 36.7 Å². The summed E-state index contributed by atoms with van der Waals surface area (Å²) in [7, 11) is 3.13. The molecule has 0 aliphatic rings. The molecule has 0 bridgehead atoms. The number of amides is 1. The van der Waals surface area contributed by atoms with Gasteiger partial charge in [-0.25, -0.2) is 4.68 Å². The maximum atomic E-state index is 12.5. The van der Waals surface area contributed by atoms with Gasteiger partial charge >= 0.3 is 0 Å². The molecule has 1 heterocycles. The molecule has 0 saturated carbocycles. The number of rotatable bonds is 5. The summed E-state index contributed by atoms with van der Waals surface area (Å²) in [4.78, 5) is 12.5. The van der Waals surface area contributed by atoms with E-state index >= 15 is 0 Å². The van der Waals surface area contributed by atoms with Crippen LogP contribution in [0, 0.1) is 13.8 Å². The monoisotopic (exact) mass is 351 g/mol. The molecule has 0 unspecified atom stereocenters. The van der Waals surface area contributed by atoms with Crippen molar-refractivity contribution in [2.75, 3.05) is 19.5 Å². The summed E-state index contributed by atoms with van der Waals surface area (Å²) in [5.41, 5.74) is 4.04. The molecule has 1 N–H and O–H groups in total. The molecule has 1 aromatic heterocycles. The van der Waals surface area contributed by atoms with Gasteiger partial charge in [0.1, 0.15) is 11.5 Å². The molecule has 0 spiro atoms. The zero-order valence-electron chi connectivity index (χ0n) is 15.2. The van der Waals surface area contributed by atoms with Crippen LogP contribution in [0.4, 0.5) is 5.69 Å². The van der Waals surface area contributed by atoms with Gasteiger partial charge < -0.3 is 14.8 Å². The van der Waals surface area contributed by atoms with Gasteiger partial charge in [-0.05, 0) is 56.3 Å². The number of nitrogens with zero attached hydrogens (tertiary/aromatic N) is 2. The van der Waals surface area contributed by atoms with E-state index in [0.29, 0.717) is 22.7 Å². The quantitative estimate of drug-likeness (QED) is 0.760. The number of hydrogen-bond donors (Lipinski definition) is 1. The largest absolute Gasteiger partial charge is 0.497 e. The van der Waals surface area contributed by atoms with Crippen molar-refractivity contribution < 1.29 is 14.3 Å². The van der Waals surface area contributed by atoms with Crippen molar-refractivity contribution in [3.8, 4) is 17.2 Å². The first-order chi connectivity index (χ1) is 12.5. The Balaban J connectivity index is 1.79. The van der Waals surface area contributed by atoms with Crippen LogP contribution in [0.1, 0.15) is 21.7 Å². The average Bonchev–Trinajstić information content (AvgIpc) is 3.00. The minimum atomic E-state index is -0.214. The topological polar surface area (TPSA) is 65.4 Å². The van der Waals surface area contributed by atoms with Crippen LogP contribution < -0.4 is 14.8 Å². The lowest BCUT2D eigenvalue weighted by Gasteiger charge is -2.12.